The molecule has 2 heteroatoms. The number of allylic oxidation sites excluding steroid dienone is 1. The highest BCUT2D eigenvalue weighted by molar-refractivity contribution is 5.91. The van der Waals surface area contributed by atoms with E-state index in [9.17, 15) is 4.79 Å². The molecule has 0 bridgehead atoms. The van der Waals surface area contributed by atoms with Crippen LogP contribution >= 0.6 is 0 Å². The molecule has 6 atom stereocenters. The van der Waals surface area contributed by atoms with Gasteiger partial charge in [-0.3, -0.25) is 4.79 Å². The Kier molecular flexibility index (Phi) is 3.81. The zero-order chi connectivity index (χ0) is 17.2. The second-order valence-corrected chi connectivity index (χ2v) is 9.52. The summed E-state index contributed by atoms with van der Waals surface area (Å²) in [4.78, 5) is 11.9. The fraction of sp³-hybridized carbons (Fsp3) is 0.864. The molecule has 134 valence electrons. The standard InChI is InChI=1S/C22H34O2/c1-5-22(24-4)13-10-19-17-7-6-15-14-16(23)8-11-20(15,2)18(17)9-12-21(19,22)3/h14,17-19H,5-13H2,1-4H3/t17-,18+,19+,20+,21+,22-/m1/s1. The summed E-state index contributed by atoms with van der Waals surface area (Å²) in [6.45, 7) is 7.33. The molecule has 24 heavy (non-hydrogen) atoms. The molecule has 3 saturated carbocycles. The van der Waals surface area contributed by atoms with Crippen molar-refractivity contribution in [1.82, 2.24) is 0 Å². The van der Waals surface area contributed by atoms with Crippen LogP contribution in [0.3, 0.4) is 0 Å². The molecule has 0 unspecified atom stereocenters. The predicted molar refractivity (Wildman–Crippen MR) is 96.7 cm³/mol. The van der Waals surface area contributed by atoms with Gasteiger partial charge in [-0.05, 0) is 86.0 Å². The summed E-state index contributed by atoms with van der Waals surface area (Å²) in [5.74, 6) is 2.80. The van der Waals surface area contributed by atoms with E-state index in [0.29, 0.717) is 16.6 Å². The van der Waals surface area contributed by atoms with Gasteiger partial charge >= 0.3 is 0 Å². The van der Waals surface area contributed by atoms with Gasteiger partial charge in [0.25, 0.3) is 0 Å². The van der Waals surface area contributed by atoms with E-state index in [1.165, 1.54) is 37.7 Å². The Labute approximate surface area is 147 Å². The van der Waals surface area contributed by atoms with E-state index in [2.05, 4.69) is 20.8 Å². The van der Waals surface area contributed by atoms with Crippen LogP contribution in [0.5, 0.6) is 0 Å². The summed E-state index contributed by atoms with van der Waals surface area (Å²) in [5.41, 5.74) is 2.22. The predicted octanol–water partition coefficient (Wildman–Crippen LogP) is 5.31. The SMILES string of the molecule is CC[C@@]1(OC)CC[C@H]2[C@@H]3CCC4=CC(=O)CC[C@]4(C)[C@H]3CC[C@@]21C. The van der Waals surface area contributed by atoms with Gasteiger partial charge in [-0.15, -0.1) is 0 Å². The summed E-state index contributed by atoms with van der Waals surface area (Å²) in [6, 6.07) is 0. The number of ether oxygens (including phenoxy) is 1. The Morgan fingerprint density at radius 2 is 1.83 bits per heavy atom. The van der Waals surface area contributed by atoms with Gasteiger partial charge in [-0.2, -0.15) is 0 Å². The highest BCUT2D eigenvalue weighted by Gasteiger charge is 2.63. The van der Waals surface area contributed by atoms with E-state index in [4.69, 9.17) is 4.74 Å². The second-order valence-electron chi connectivity index (χ2n) is 9.52. The van der Waals surface area contributed by atoms with Gasteiger partial charge < -0.3 is 4.74 Å². The molecular formula is C22H34O2. The van der Waals surface area contributed by atoms with E-state index in [-0.39, 0.29) is 5.60 Å². The van der Waals surface area contributed by atoms with Crippen LogP contribution in [0.4, 0.5) is 0 Å². The van der Waals surface area contributed by atoms with Crippen LogP contribution in [0, 0.1) is 28.6 Å². The third kappa shape index (κ3) is 1.95. The highest BCUT2D eigenvalue weighted by Crippen LogP contribution is 2.68. The molecule has 0 N–H and O–H groups in total. The van der Waals surface area contributed by atoms with Gasteiger partial charge in [0, 0.05) is 13.5 Å². The Hall–Kier alpha value is -0.630. The molecule has 4 aliphatic carbocycles. The Balaban J connectivity index is 1.68. The van der Waals surface area contributed by atoms with Crippen molar-refractivity contribution < 1.29 is 9.53 Å². The molecule has 0 heterocycles. The van der Waals surface area contributed by atoms with Crippen LogP contribution in [0.1, 0.15) is 78.6 Å². The number of methoxy groups -OCH3 is 1. The Morgan fingerprint density at radius 1 is 1.08 bits per heavy atom. The largest absolute Gasteiger partial charge is 0.378 e. The molecule has 0 radical (unpaired) electrons. The third-order valence-corrected chi connectivity index (χ3v) is 9.21. The molecule has 0 spiro atoms. The summed E-state index contributed by atoms with van der Waals surface area (Å²) >= 11 is 0. The summed E-state index contributed by atoms with van der Waals surface area (Å²) in [7, 11) is 1.94. The molecule has 0 saturated heterocycles. The molecule has 0 amide bonds. The maximum absolute atomic E-state index is 11.9. The number of fused-ring (bicyclic) bond motifs is 5. The van der Waals surface area contributed by atoms with Crippen molar-refractivity contribution in [2.24, 2.45) is 28.6 Å². The fourth-order valence-electron chi connectivity index (χ4n) is 7.71. The number of rotatable bonds is 2. The number of hydrogen-bond acceptors (Lipinski definition) is 2. The van der Waals surface area contributed by atoms with Crippen LogP contribution in [-0.4, -0.2) is 18.5 Å². The number of carbonyl (C=O) groups excluding carboxylic acids is 1. The van der Waals surface area contributed by atoms with Crippen molar-refractivity contribution in [2.45, 2.75) is 84.2 Å². The van der Waals surface area contributed by atoms with E-state index in [1.807, 2.05) is 13.2 Å². The van der Waals surface area contributed by atoms with Crippen LogP contribution in [-0.2, 0) is 9.53 Å². The van der Waals surface area contributed by atoms with Gasteiger partial charge in [0.1, 0.15) is 0 Å². The fourth-order valence-corrected chi connectivity index (χ4v) is 7.71. The number of hydrogen-bond donors (Lipinski definition) is 0. The maximum Gasteiger partial charge on any atom is 0.155 e. The summed E-state index contributed by atoms with van der Waals surface area (Å²) in [5, 5.41) is 0. The first-order chi connectivity index (χ1) is 11.4. The van der Waals surface area contributed by atoms with E-state index in [1.54, 1.807) is 0 Å². The van der Waals surface area contributed by atoms with Crippen molar-refractivity contribution in [2.75, 3.05) is 7.11 Å². The molecule has 0 aromatic carbocycles. The van der Waals surface area contributed by atoms with E-state index < -0.39 is 0 Å². The normalized spacial score (nSPS) is 50.8. The average molecular weight is 331 g/mol. The van der Waals surface area contributed by atoms with Gasteiger partial charge in [0.05, 0.1) is 5.60 Å². The minimum absolute atomic E-state index is 0.0994. The van der Waals surface area contributed by atoms with Crippen molar-refractivity contribution in [1.29, 1.82) is 0 Å². The lowest BCUT2D eigenvalue weighted by molar-refractivity contribution is -0.146. The molecule has 0 aromatic heterocycles. The smallest absolute Gasteiger partial charge is 0.155 e. The number of ketones is 1. The lowest BCUT2D eigenvalue weighted by Gasteiger charge is -2.59. The lowest BCUT2D eigenvalue weighted by Crippen LogP contribution is -2.55. The van der Waals surface area contributed by atoms with Crippen LogP contribution < -0.4 is 0 Å². The van der Waals surface area contributed by atoms with Gasteiger partial charge in [0.15, 0.2) is 5.78 Å². The number of carbonyl (C=O) groups is 1. The maximum atomic E-state index is 11.9. The Morgan fingerprint density at radius 3 is 2.54 bits per heavy atom. The first-order valence-electron chi connectivity index (χ1n) is 10.2. The van der Waals surface area contributed by atoms with E-state index >= 15 is 0 Å². The Bertz CT molecular complexity index is 573. The van der Waals surface area contributed by atoms with Crippen LogP contribution in [0.2, 0.25) is 0 Å². The van der Waals surface area contributed by atoms with Crippen molar-refractivity contribution in [3.05, 3.63) is 11.6 Å². The van der Waals surface area contributed by atoms with Crippen molar-refractivity contribution in [3.8, 4) is 0 Å². The summed E-state index contributed by atoms with van der Waals surface area (Å²) < 4.78 is 6.19. The first kappa shape index (κ1) is 16.8. The van der Waals surface area contributed by atoms with Gasteiger partial charge in [0.2, 0.25) is 0 Å². The quantitative estimate of drug-likeness (QED) is 0.685. The topological polar surface area (TPSA) is 26.3 Å². The van der Waals surface area contributed by atoms with Crippen molar-refractivity contribution in [3.63, 3.8) is 0 Å². The monoisotopic (exact) mass is 330 g/mol. The molecule has 2 nitrogen and oxygen atoms in total. The van der Waals surface area contributed by atoms with Gasteiger partial charge in [-0.1, -0.05) is 26.3 Å². The van der Waals surface area contributed by atoms with Gasteiger partial charge in [-0.25, -0.2) is 0 Å². The molecular weight excluding hydrogens is 296 g/mol. The average Bonchev–Trinajstić information content (AvgIpc) is 2.88. The minimum Gasteiger partial charge on any atom is -0.378 e. The molecule has 3 fully saturated rings. The van der Waals surface area contributed by atoms with Crippen molar-refractivity contribution >= 4 is 5.78 Å². The molecule has 0 aliphatic heterocycles. The third-order valence-electron chi connectivity index (χ3n) is 9.21. The molecule has 0 aromatic rings. The van der Waals surface area contributed by atoms with Crippen LogP contribution in [0.25, 0.3) is 0 Å². The molecule has 4 aliphatic rings. The lowest BCUT2D eigenvalue weighted by atomic mass is 9.46. The second kappa shape index (κ2) is 5.43. The van der Waals surface area contributed by atoms with E-state index in [0.717, 1.165) is 43.4 Å². The molecule has 4 rings (SSSR count). The minimum atomic E-state index is 0.0994. The van der Waals surface area contributed by atoms with Crippen LogP contribution in [0.15, 0.2) is 11.6 Å². The summed E-state index contributed by atoms with van der Waals surface area (Å²) in [6.07, 6.45) is 12.7. The zero-order valence-electron chi connectivity index (χ0n) is 16.0. The highest BCUT2D eigenvalue weighted by atomic mass is 16.5. The first-order valence-corrected chi connectivity index (χ1v) is 10.2. The zero-order valence-corrected chi connectivity index (χ0v) is 16.0.